The van der Waals surface area contributed by atoms with Crippen LogP contribution in [-0.4, -0.2) is 26.8 Å². The molecule has 2 atom stereocenters. The maximum atomic E-state index is 13.3. The quantitative estimate of drug-likeness (QED) is 0.641. The number of hydrazine groups is 1. The van der Waals surface area contributed by atoms with Crippen LogP contribution in [-0.2, 0) is 17.8 Å². The fourth-order valence-corrected chi connectivity index (χ4v) is 4.43. The van der Waals surface area contributed by atoms with Gasteiger partial charge in [-0.25, -0.2) is 10.4 Å². The Bertz CT molecular complexity index is 1160. The van der Waals surface area contributed by atoms with Crippen LogP contribution in [0.3, 0.4) is 0 Å². The number of amides is 1. The van der Waals surface area contributed by atoms with Crippen molar-refractivity contribution >= 4 is 5.91 Å². The minimum absolute atomic E-state index is 0.0764. The number of hydrogen-bond donors (Lipinski definition) is 1. The van der Waals surface area contributed by atoms with Crippen LogP contribution in [0.4, 0.5) is 0 Å². The first kappa shape index (κ1) is 20.5. The number of fused-ring (bicyclic) bond motifs is 1. The van der Waals surface area contributed by atoms with Crippen molar-refractivity contribution in [2.75, 3.05) is 0 Å². The second-order valence-electron chi connectivity index (χ2n) is 8.54. The maximum Gasteiger partial charge on any atom is 0.251 e. The van der Waals surface area contributed by atoms with Crippen molar-refractivity contribution in [1.82, 2.24) is 20.3 Å². The lowest BCUT2D eigenvalue weighted by Gasteiger charge is -2.31. The van der Waals surface area contributed by atoms with Gasteiger partial charge in [0.15, 0.2) is 0 Å². The van der Waals surface area contributed by atoms with Crippen molar-refractivity contribution in [2.24, 2.45) is 0 Å². The molecule has 0 spiro atoms. The van der Waals surface area contributed by atoms with Crippen LogP contribution < -0.4 is 5.43 Å². The Labute approximate surface area is 188 Å². The SMILES string of the molecule is CCc1ccc(C2CC3C(=O)N(Cc4nc(-c5ccccc5C)oc4C)C=CN3N2)cc1. The minimum atomic E-state index is -0.223. The number of nitrogens with one attached hydrogen (secondary N) is 1. The van der Waals surface area contributed by atoms with Gasteiger partial charge in [0.2, 0.25) is 5.89 Å². The third-order valence-corrected chi connectivity index (χ3v) is 6.45. The van der Waals surface area contributed by atoms with Gasteiger partial charge in [-0.3, -0.25) is 4.79 Å². The van der Waals surface area contributed by atoms with E-state index in [1.165, 1.54) is 11.1 Å². The molecule has 32 heavy (non-hydrogen) atoms. The summed E-state index contributed by atoms with van der Waals surface area (Å²) in [5, 5.41) is 1.94. The number of carbonyl (C=O) groups is 1. The van der Waals surface area contributed by atoms with Crippen LogP contribution in [0.15, 0.2) is 65.3 Å². The van der Waals surface area contributed by atoms with Gasteiger partial charge in [-0.2, -0.15) is 0 Å². The van der Waals surface area contributed by atoms with Crippen LogP contribution in [0.1, 0.15) is 47.5 Å². The Balaban J connectivity index is 1.31. The molecule has 0 radical (unpaired) electrons. The molecule has 1 aromatic heterocycles. The van der Waals surface area contributed by atoms with Crippen LogP contribution in [0, 0.1) is 13.8 Å². The van der Waals surface area contributed by atoms with E-state index in [1.54, 1.807) is 4.90 Å². The molecular weight excluding hydrogens is 400 g/mol. The Morgan fingerprint density at radius 2 is 1.88 bits per heavy atom. The number of rotatable bonds is 5. The summed E-state index contributed by atoms with van der Waals surface area (Å²) in [7, 11) is 0. The lowest BCUT2D eigenvalue weighted by atomic mass is 9.99. The number of oxazole rings is 1. The molecule has 6 nitrogen and oxygen atoms in total. The van der Waals surface area contributed by atoms with E-state index in [9.17, 15) is 4.79 Å². The van der Waals surface area contributed by atoms with Gasteiger partial charge in [0, 0.05) is 18.0 Å². The van der Waals surface area contributed by atoms with Gasteiger partial charge in [0.25, 0.3) is 5.91 Å². The van der Waals surface area contributed by atoms with Crippen LogP contribution in [0.5, 0.6) is 0 Å². The second kappa shape index (κ2) is 8.28. The van der Waals surface area contributed by atoms with Crippen LogP contribution in [0.2, 0.25) is 0 Å². The first-order chi connectivity index (χ1) is 15.5. The van der Waals surface area contributed by atoms with E-state index in [4.69, 9.17) is 9.40 Å². The average molecular weight is 429 g/mol. The fraction of sp³-hybridized carbons (Fsp3) is 0.308. The molecule has 164 valence electrons. The lowest BCUT2D eigenvalue weighted by Crippen LogP contribution is -2.47. The molecule has 3 aromatic rings. The fourth-order valence-electron chi connectivity index (χ4n) is 4.43. The number of hydrogen-bond acceptors (Lipinski definition) is 5. The zero-order valence-corrected chi connectivity index (χ0v) is 18.7. The summed E-state index contributed by atoms with van der Waals surface area (Å²) in [4.78, 5) is 19.7. The summed E-state index contributed by atoms with van der Waals surface area (Å²) in [6.45, 7) is 6.50. The smallest absolute Gasteiger partial charge is 0.251 e. The predicted octanol–water partition coefficient (Wildman–Crippen LogP) is 4.65. The normalized spacial score (nSPS) is 20.2. The lowest BCUT2D eigenvalue weighted by molar-refractivity contribution is -0.135. The van der Waals surface area contributed by atoms with Gasteiger partial charge in [-0.1, -0.05) is 49.4 Å². The van der Waals surface area contributed by atoms with Crippen molar-refractivity contribution in [3.8, 4) is 11.5 Å². The van der Waals surface area contributed by atoms with E-state index in [2.05, 4.69) is 36.6 Å². The summed E-state index contributed by atoms with van der Waals surface area (Å²) in [6.07, 6.45) is 5.54. The topological polar surface area (TPSA) is 61.6 Å². The first-order valence-corrected chi connectivity index (χ1v) is 11.2. The van der Waals surface area contributed by atoms with Gasteiger partial charge < -0.3 is 14.3 Å². The van der Waals surface area contributed by atoms with Gasteiger partial charge in [-0.05, 0) is 49.4 Å². The third-order valence-electron chi connectivity index (χ3n) is 6.45. The molecule has 2 aliphatic heterocycles. The zero-order valence-electron chi connectivity index (χ0n) is 18.7. The van der Waals surface area contributed by atoms with Crippen molar-refractivity contribution < 1.29 is 9.21 Å². The van der Waals surface area contributed by atoms with Crippen molar-refractivity contribution in [3.63, 3.8) is 0 Å². The van der Waals surface area contributed by atoms with Gasteiger partial charge in [-0.15, -0.1) is 0 Å². The molecule has 0 aliphatic carbocycles. The average Bonchev–Trinajstić information content (AvgIpc) is 3.40. The van der Waals surface area contributed by atoms with Crippen molar-refractivity contribution in [2.45, 2.75) is 52.2 Å². The molecule has 2 aliphatic rings. The number of aromatic nitrogens is 1. The number of nitrogens with zero attached hydrogens (tertiary/aromatic N) is 3. The Hall–Kier alpha value is -3.38. The van der Waals surface area contributed by atoms with Gasteiger partial charge in [0.1, 0.15) is 17.5 Å². The summed E-state index contributed by atoms with van der Waals surface area (Å²) in [5.74, 6) is 1.42. The standard InChI is InChI=1S/C26H28N4O2/c1-4-19-9-11-20(12-10-19)22-15-24-26(31)29(13-14-30(24)28-22)16-23-18(3)32-25(27-23)21-8-6-5-7-17(21)2/h5-14,22,24,28H,4,15-16H2,1-3H3. The summed E-state index contributed by atoms with van der Waals surface area (Å²) in [5.41, 5.74) is 8.87. The largest absolute Gasteiger partial charge is 0.441 e. The van der Waals surface area contributed by atoms with Crippen LogP contribution in [0.25, 0.3) is 11.5 Å². The Morgan fingerprint density at radius 1 is 1.09 bits per heavy atom. The number of benzene rings is 2. The number of carbonyl (C=O) groups excluding carboxylic acids is 1. The molecule has 1 saturated heterocycles. The Kier molecular flexibility index (Phi) is 5.31. The molecule has 3 heterocycles. The monoisotopic (exact) mass is 428 g/mol. The first-order valence-electron chi connectivity index (χ1n) is 11.2. The second-order valence-corrected chi connectivity index (χ2v) is 8.54. The van der Waals surface area contributed by atoms with Gasteiger partial charge >= 0.3 is 0 Å². The molecule has 5 rings (SSSR count). The molecule has 2 aromatic carbocycles. The number of aryl methyl sites for hydroxylation is 3. The molecule has 2 unspecified atom stereocenters. The Morgan fingerprint density at radius 3 is 2.62 bits per heavy atom. The molecule has 6 heteroatoms. The van der Waals surface area contributed by atoms with E-state index in [0.29, 0.717) is 12.4 Å². The molecule has 1 fully saturated rings. The van der Waals surface area contributed by atoms with E-state index in [0.717, 1.165) is 35.4 Å². The highest BCUT2D eigenvalue weighted by molar-refractivity contribution is 5.84. The highest BCUT2D eigenvalue weighted by Gasteiger charge is 2.40. The highest BCUT2D eigenvalue weighted by atomic mass is 16.4. The third kappa shape index (κ3) is 3.71. The van der Waals surface area contributed by atoms with E-state index < -0.39 is 0 Å². The van der Waals surface area contributed by atoms with E-state index in [1.807, 2.05) is 55.5 Å². The minimum Gasteiger partial charge on any atom is -0.441 e. The van der Waals surface area contributed by atoms with Crippen molar-refractivity contribution in [3.05, 3.63) is 89.1 Å². The van der Waals surface area contributed by atoms with Crippen LogP contribution >= 0.6 is 0 Å². The summed E-state index contributed by atoms with van der Waals surface area (Å²) >= 11 is 0. The molecule has 1 amide bonds. The van der Waals surface area contributed by atoms with Gasteiger partial charge in [0.05, 0.1) is 12.6 Å². The summed E-state index contributed by atoms with van der Waals surface area (Å²) < 4.78 is 5.94. The van der Waals surface area contributed by atoms with E-state index >= 15 is 0 Å². The molecule has 1 N–H and O–H groups in total. The highest BCUT2D eigenvalue weighted by Crippen LogP contribution is 2.32. The zero-order chi connectivity index (χ0) is 22.2. The van der Waals surface area contributed by atoms with E-state index in [-0.39, 0.29) is 18.0 Å². The maximum absolute atomic E-state index is 13.3. The summed E-state index contributed by atoms with van der Waals surface area (Å²) in [6, 6.07) is 16.6. The predicted molar refractivity (Wildman–Crippen MR) is 123 cm³/mol. The molecular formula is C26H28N4O2. The molecule has 0 bridgehead atoms. The molecule has 0 saturated carbocycles. The van der Waals surface area contributed by atoms with Crippen molar-refractivity contribution in [1.29, 1.82) is 0 Å².